The first kappa shape index (κ1) is 17.5. The number of hydrogen-bond donors (Lipinski definition) is 0. The van der Waals surface area contributed by atoms with Gasteiger partial charge in [-0.3, -0.25) is 14.0 Å². The molecule has 0 spiro atoms. The topological polar surface area (TPSA) is 52.7 Å². The maximum Gasteiger partial charge on any atom is 0.280 e. The van der Waals surface area contributed by atoms with Gasteiger partial charge in [-0.15, -0.1) is 0 Å². The molecule has 136 valence electrons. The molecule has 0 aliphatic rings. The lowest BCUT2D eigenvalue weighted by molar-refractivity contribution is 0.651. The third-order valence-electron chi connectivity index (χ3n) is 4.62. The average Bonchev–Trinajstić information content (AvgIpc) is 3.05. The molecule has 4 aromatic rings. The predicted molar refractivity (Wildman–Crippen MR) is 109 cm³/mol. The summed E-state index contributed by atoms with van der Waals surface area (Å²) in [5.41, 5.74) is 4.67. The van der Waals surface area contributed by atoms with E-state index < -0.39 is 0 Å². The normalized spacial score (nSPS) is 11.2. The Bertz CT molecular complexity index is 1150. The van der Waals surface area contributed by atoms with Gasteiger partial charge >= 0.3 is 0 Å². The molecule has 2 aromatic carbocycles. The molecule has 0 unspecified atom stereocenters. The molecule has 0 N–H and O–H groups in total. The fraction of sp³-hybridized carbons (Fsp3) is 0.190. The minimum absolute atomic E-state index is 0.0591. The summed E-state index contributed by atoms with van der Waals surface area (Å²) >= 11 is 1.59. The minimum atomic E-state index is -0.0591. The van der Waals surface area contributed by atoms with Crippen molar-refractivity contribution in [3.63, 3.8) is 0 Å². The van der Waals surface area contributed by atoms with Crippen molar-refractivity contribution in [2.24, 2.45) is 7.05 Å². The minimum Gasteiger partial charge on any atom is -0.281 e. The highest BCUT2D eigenvalue weighted by atomic mass is 32.2. The van der Waals surface area contributed by atoms with Gasteiger partial charge in [-0.25, -0.2) is 4.98 Å². The van der Waals surface area contributed by atoms with Crippen LogP contribution in [0.3, 0.4) is 0 Å². The van der Waals surface area contributed by atoms with Crippen molar-refractivity contribution in [1.29, 1.82) is 0 Å². The second-order valence-corrected chi connectivity index (χ2v) is 7.43. The summed E-state index contributed by atoms with van der Waals surface area (Å²) in [6.45, 7) is 2.59. The largest absolute Gasteiger partial charge is 0.281 e. The first-order valence-corrected chi connectivity index (χ1v) is 9.76. The van der Waals surface area contributed by atoms with E-state index in [1.165, 1.54) is 11.1 Å². The number of aryl methyl sites for hydroxylation is 2. The molecule has 0 aliphatic heterocycles. The zero-order valence-corrected chi connectivity index (χ0v) is 16.1. The lowest BCUT2D eigenvalue weighted by Gasteiger charge is -2.13. The molecule has 0 radical (unpaired) electrons. The Hall–Kier alpha value is -2.86. The van der Waals surface area contributed by atoms with E-state index in [4.69, 9.17) is 4.98 Å². The van der Waals surface area contributed by atoms with Crippen molar-refractivity contribution in [3.8, 4) is 0 Å². The van der Waals surface area contributed by atoms with Gasteiger partial charge in [-0.2, -0.15) is 5.10 Å². The highest BCUT2D eigenvalue weighted by Gasteiger charge is 2.15. The molecule has 6 heteroatoms. The maximum absolute atomic E-state index is 13.2. The monoisotopic (exact) mass is 376 g/mol. The van der Waals surface area contributed by atoms with Gasteiger partial charge in [-0.05, 0) is 23.6 Å². The molecule has 0 fully saturated rings. The summed E-state index contributed by atoms with van der Waals surface area (Å²) in [7, 11) is 1.78. The highest BCUT2D eigenvalue weighted by molar-refractivity contribution is 7.98. The summed E-state index contributed by atoms with van der Waals surface area (Å²) in [5, 5.41) is 4.93. The van der Waals surface area contributed by atoms with Gasteiger partial charge in [0.2, 0.25) is 0 Å². The van der Waals surface area contributed by atoms with E-state index >= 15 is 0 Å². The number of benzene rings is 2. The van der Waals surface area contributed by atoms with Crippen LogP contribution < -0.4 is 5.56 Å². The molecule has 5 nitrogen and oxygen atoms in total. The zero-order chi connectivity index (χ0) is 18.8. The molecule has 4 rings (SSSR count). The van der Waals surface area contributed by atoms with E-state index in [2.05, 4.69) is 24.2 Å². The van der Waals surface area contributed by atoms with Crippen molar-refractivity contribution in [1.82, 2.24) is 19.3 Å². The van der Waals surface area contributed by atoms with E-state index in [1.54, 1.807) is 34.3 Å². The van der Waals surface area contributed by atoms with E-state index in [9.17, 15) is 4.79 Å². The molecule has 27 heavy (non-hydrogen) atoms. The zero-order valence-electron chi connectivity index (χ0n) is 15.3. The molecule has 0 amide bonds. The van der Waals surface area contributed by atoms with Gasteiger partial charge in [0, 0.05) is 12.8 Å². The first-order valence-electron chi connectivity index (χ1n) is 8.77. The number of fused-ring (bicyclic) bond motifs is 1. The van der Waals surface area contributed by atoms with E-state index in [-0.39, 0.29) is 5.56 Å². The van der Waals surface area contributed by atoms with E-state index in [1.807, 2.05) is 42.5 Å². The Balaban J connectivity index is 1.77. The second-order valence-electron chi connectivity index (χ2n) is 6.49. The van der Waals surface area contributed by atoms with Gasteiger partial charge in [-0.1, -0.05) is 66.4 Å². The standard InChI is InChI=1S/C21H20N4OS/c1-15-8-6-7-11-17(15)14-27-21-23-18-12-22-24(2)19(18)20(26)25(21)13-16-9-4-3-5-10-16/h3-12H,13-14H2,1-2H3. The quantitative estimate of drug-likeness (QED) is 0.393. The number of rotatable bonds is 5. The molecule has 0 atom stereocenters. The lowest BCUT2D eigenvalue weighted by atomic mass is 10.1. The first-order chi connectivity index (χ1) is 13.1. The molecular weight excluding hydrogens is 356 g/mol. The second kappa shape index (κ2) is 7.40. The third kappa shape index (κ3) is 3.53. The lowest BCUT2D eigenvalue weighted by Crippen LogP contribution is -2.25. The van der Waals surface area contributed by atoms with Crippen LogP contribution in [0.4, 0.5) is 0 Å². The van der Waals surface area contributed by atoms with Crippen LogP contribution in [0, 0.1) is 6.92 Å². The highest BCUT2D eigenvalue weighted by Crippen LogP contribution is 2.24. The number of thioether (sulfide) groups is 1. The number of aromatic nitrogens is 4. The van der Waals surface area contributed by atoms with E-state index in [0.717, 1.165) is 11.3 Å². The van der Waals surface area contributed by atoms with Crippen molar-refractivity contribution in [2.75, 3.05) is 0 Å². The average molecular weight is 376 g/mol. The number of nitrogens with zero attached hydrogens (tertiary/aromatic N) is 4. The summed E-state index contributed by atoms with van der Waals surface area (Å²) in [4.78, 5) is 17.9. The van der Waals surface area contributed by atoms with Gasteiger partial charge in [0.1, 0.15) is 5.52 Å². The molecule has 2 aromatic heterocycles. The maximum atomic E-state index is 13.2. The SMILES string of the molecule is Cc1ccccc1CSc1nc2cnn(C)c2c(=O)n1Cc1ccccc1. The fourth-order valence-corrected chi connectivity index (χ4v) is 4.14. The Morgan fingerprint density at radius 2 is 1.78 bits per heavy atom. The summed E-state index contributed by atoms with van der Waals surface area (Å²) < 4.78 is 3.35. The summed E-state index contributed by atoms with van der Waals surface area (Å²) in [6.07, 6.45) is 1.65. The fourth-order valence-electron chi connectivity index (χ4n) is 3.06. The van der Waals surface area contributed by atoms with Gasteiger partial charge < -0.3 is 0 Å². The Labute approximate surface area is 161 Å². The Morgan fingerprint density at radius 1 is 1.04 bits per heavy atom. The number of hydrogen-bond acceptors (Lipinski definition) is 4. The van der Waals surface area contributed by atoms with Crippen molar-refractivity contribution in [2.45, 2.75) is 24.4 Å². The van der Waals surface area contributed by atoms with Crippen LogP contribution in [-0.4, -0.2) is 19.3 Å². The van der Waals surface area contributed by atoms with Crippen molar-refractivity contribution >= 4 is 22.8 Å². The Kier molecular flexibility index (Phi) is 4.81. The molecule has 0 bridgehead atoms. The molecule has 2 heterocycles. The van der Waals surface area contributed by atoms with Crippen LogP contribution in [0.15, 0.2) is 70.7 Å². The Morgan fingerprint density at radius 3 is 2.56 bits per heavy atom. The summed E-state index contributed by atoms with van der Waals surface area (Å²) in [5.74, 6) is 0.764. The predicted octanol–water partition coefficient (Wildman–Crippen LogP) is 3.78. The molecule has 0 aliphatic carbocycles. The molecule has 0 saturated carbocycles. The van der Waals surface area contributed by atoms with Crippen LogP contribution >= 0.6 is 11.8 Å². The van der Waals surface area contributed by atoms with Gasteiger partial charge in [0.15, 0.2) is 10.7 Å². The summed E-state index contributed by atoms with van der Waals surface area (Å²) in [6, 6.07) is 18.3. The van der Waals surface area contributed by atoms with E-state index in [0.29, 0.717) is 22.7 Å². The molecule has 0 saturated heterocycles. The smallest absolute Gasteiger partial charge is 0.280 e. The van der Waals surface area contributed by atoms with Gasteiger partial charge in [0.05, 0.1) is 12.7 Å². The van der Waals surface area contributed by atoms with Crippen LogP contribution in [-0.2, 0) is 19.3 Å². The third-order valence-corrected chi connectivity index (χ3v) is 5.64. The van der Waals surface area contributed by atoms with Crippen LogP contribution in [0.2, 0.25) is 0 Å². The van der Waals surface area contributed by atoms with Crippen molar-refractivity contribution < 1.29 is 0 Å². The van der Waals surface area contributed by atoms with Crippen LogP contribution in [0.5, 0.6) is 0 Å². The van der Waals surface area contributed by atoms with Crippen LogP contribution in [0.1, 0.15) is 16.7 Å². The van der Waals surface area contributed by atoms with Crippen LogP contribution in [0.25, 0.3) is 11.0 Å². The van der Waals surface area contributed by atoms with Crippen molar-refractivity contribution in [3.05, 3.63) is 87.8 Å². The van der Waals surface area contributed by atoms with Gasteiger partial charge in [0.25, 0.3) is 5.56 Å². The molecular formula is C21H20N4OS.